The highest BCUT2D eigenvalue weighted by Crippen LogP contribution is 2.25. The molecule has 1 aliphatic rings. The summed E-state index contributed by atoms with van der Waals surface area (Å²) in [5.74, 6) is 0.243. The maximum Gasteiger partial charge on any atom is 0.124 e. The zero-order valence-corrected chi connectivity index (χ0v) is 12.9. The number of anilines is 1. The van der Waals surface area contributed by atoms with Crippen molar-refractivity contribution < 1.29 is 4.39 Å². The molecule has 1 N–H and O–H groups in total. The summed E-state index contributed by atoms with van der Waals surface area (Å²) in [6.45, 7) is 7.86. The monoisotopic (exact) mass is 289 g/mol. The minimum atomic E-state index is -0.363. The smallest absolute Gasteiger partial charge is 0.124 e. The highest BCUT2D eigenvalue weighted by Gasteiger charge is 2.23. The molecule has 3 nitrogen and oxygen atoms in total. The molecule has 2 rings (SSSR count). The van der Waals surface area contributed by atoms with Crippen LogP contribution in [0.4, 0.5) is 10.1 Å². The van der Waals surface area contributed by atoms with Gasteiger partial charge in [0.25, 0.3) is 0 Å². The van der Waals surface area contributed by atoms with Crippen molar-refractivity contribution in [2.24, 2.45) is 5.92 Å². The summed E-state index contributed by atoms with van der Waals surface area (Å²) in [6.07, 6.45) is 3.56. The van der Waals surface area contributed by atoms with E-state index in [1.807, 2.05) is 0 Å². The maximum absolute atomic E-state index is 13.2. The Hall–Kier alpha value is -1.60. The number of piperidine rings is 1. The van der Waals surface area contributed by atoms with E-state index in [0.29, 0.717) is 17.5 Å². The molecule has 0 spiro atoms. The Bertz CT molecular complexity index is 501. The third-order valence-corrected chi connectivity index (χ3v) is 4.36. The van der Waals surface area contributed by atoms with Gasteiger partial charge in [-0.3, -0.25) is 0 Å². The molecular weight excluding hydrogens is 265 g/mol. The van der Waals surface area contributed by atoms with E-state index in [4.69, 9.17) is 5.26 Å². The van der Waals surface area contributed by atoms with E-state index in [1.54, 1.807) is 6.07 Å². The van der Waals surface area contributed by atoms with E-state index in [1.165, 1.54) is 37.9 Å². The number of nitrogens with one attached hydrogen (secondary N) is 1. The lowest BCUT2D eigenvalue weighted by molar-refractivity contribution is 0.176. The molecule has 114 valence electrons. The molecular formula is C17H24FN3. The molecule has 0 amide bonds. The summed E-state index contributed by atoms with van der Waals surface area (Å²) in [7, 11) is 0. The summed E-state index contributed by atoms with van der Waals surface area (Å²) in [5.41, 5.74) is 1.12. The van der Waals surface area contributed by atoms with Crippen LogP contribution in [0.2, 0.25) is 0 Å². The Morgan fingerprint density at radius 3 is 2.76 bits per heavy atom. The zero-order chi connectivity index (χ0) is 15.2. The van der Waals surface area contributed by atoms with E-state index in [-0.39, 0.29) is 5.82 Å². The average molecular weight is 289 g/mol. The average Bonchev–Trinajstić information content (AvgIpc) is 2.50. The van der Waals surface area contributed by atoms with Gasteiger partial charge < -0.3 is 10.2 Å². The largest absolute Gasteiger partial charge is 0.381 e. The van der Waals surface area contributed by atoms with E-state index in [2.05, 4.69) is 30.1 Å². The van der Waals surface area contributed by atoms with Crippen LogP contribution >= 0.6 is 0 Å². The minimum Gasteiger partial charge on any atom is -0.381 e. The van der Waals surface area contributed by atoms with Crippen molar-refractivity contribution in [2.45, 2.75) is 39.2 Å². The van der Waals surface area contributed by atoms with Crippen molar-refractivity contribution in [1.29, 1.82) is 5.26 Å². The molecule has 1 atom stereocenters. The van der Waals surface area contributed by atoms with Crippen molar-refractivity contribution in [3.05, 3.63) is 29.6 Å². The van der Waals surface area contributed by atoms with Gasteiger partial charge in [0.2, 0.25) is 0 Å². The molecule has 0 radical (unpaired) electrons. The molecule has 1 heterocycles. The molecule has 0 bridgehead atoms. The van der Waals surface area contributed by atoms with Gasteiger partial charge >= 0.3 is 0 Å². The first-order valence-electron chi connectivity index (χ1n) is 7.82. The Labute approximate surface area is 126 Å². The summed E-state index contributed by atoms with van der Waals surface area (Å²) in [4.78, 5) is 2.52. The first-order chi connectivity index (χ1) is 10.1. The Balaban J connectivity index is 1.93. The van der Waals surface area contributed by atoms with E-state index in [9.17, 15) is 4.39 Å². The van der Waals surface area contributed by atoms with Gasteiger partial charge in [0.15, 0.2) is 0 Å². The Morgan fingerprint density at radius 1 is 1.43 bits per heavy atom. The topological polar surface area (TPSA) is 39.1 Å². The summed E-state index contributed by atoms with van der Waals surface area (Å²) < 4.78 is 13.2. The van der Waals surface area contributed by atoms with Crippen LogP contribution in [-0.2, 0) is 0 Å². The van der Waals surface area contributed by atoms with Crippen LogP contribution in [0.5, 0.6) is 0 Å². The second-order valence-corrected chi connectivity index (χ2v) is 5.91. The number of nitrogens with zero attached hydrogens (tertiary/aromatic N) is 2. The minimum absolute atomic E-state index is 0.298. The van der Waals surface area contributed by atoms with Crippen molar-refractivity contribution >= 4 is 5.69 Å². The molecule has 0 aromatic heterocycles. The van der Waals surface area contributed by atoms with Crippen LogP contribution in [0.25, 0.3) is 0 Å². The first kappa shape index (κ1) is 15.8. The SMILES string of the molecule is CCCN1CCC(C(C)Nc2ccc(F)cc2C#N)CC1. The number of hydrogen-bond donors (Lipinski definition) is 1. The fourth-order valence-corrected chi connectivity index (χ4v) is 3.09. The molecule has 1 aromatic rings. The number of halogens is 1. The standard InChI is InChI=1S/C17H24FN3/c1-3-8-21-9-6-14(7-10-21)13(2)20-17-5-4-16(18)11-15(17)12-19/h4-5,11,13-14,20H,3,6-10H2,1-2H3. The highest BCUT2D eigenvalue weighted by molar-refractivity contribution is 5.57. The number of nitriles is 1. The quantitative estimate of drug-likeness (QED) is 0.900. The second-order valence-electron chi connectivity index (χ2n) is 5.91. The lowest BCUT2D eigenvalue weighted by Gasteiger charge is -2.35. The number of rotatable bonds is 5. The van der Waals surface area contributed by atoms with Gasteiger partial charge in [0.1, 0.15) is 11.9 Å². The van der Waals surface area contributed by atoms with Crippen LogP contribution in [0, 0.1) is 23.1 Å². The second kappa shape index (κ2) is 7.42. The normalized spacial score (nSPS) is 18.2. The number of likely N-dealkylation sites (tertiary alicyclic amines) is 1. The predicted molar refractivity (Wildman–Crippen MR) is 83.7 cm³/mol. The molecule has 4 heteroatoms. The lowest BCUT2D eigenvalue weighted by atomic mass is 9.90. The number of hydrogen-bond acceptors (Lipinski definition) is 3. The lowest BCUT2D eigenvalue weighted by Crippen LogP contribution is -2.39. The highest BCUT2D eigenvalue weighted by atomic mass is 19.1. The fourth-order valence-electron chi connectivity index (χ4n) is 3.09. The maximum atomic E-state index is 13.2. The van der Waals surface area contributed by atoms with Crippen LogP contribution < -0.4 is 5.32 Å². The van der Waals surface area contributed by atoms with Crippen molar-refractivity contribution in [3.63, 3.8) is 0 Å². The molecule has 1 saturated heterocycles. The van der Waals surface area contributed by atoms with Gasteiger partial charge in [-0.15, -0.1) is 0 Å². The predicted octanol–water partition coefficient (Wildman–Crippen LogP) is 3.62. The molecule has 1 aliphatic heterocycles. The summed E-state index contributed by atoms with van der Waals surface area (Å²) in [5, 5.41) is 12.5. The van der Waals surface area contributed by atoms with Gasteiger partial charge in [-0.25, -0.2) is 4.39 Å². The van der Waals surface area contributed by atoms with Crippen LogP contribution in [0.1, 0.15) is 38.7 Å². The van der Waals surface area contributed by atoms with Crippen LogP contribution in [0.3, 0.4) is 0 Å². The van der Waals surface area contributed by atoms with Gasteiger partial charge in [0, 0.05) is 6.04 Å². The molecule has 0 aliphatic carbocycles. The number of benzene rings is 1. The van der Waals surface area contributed by atoms with Crippen molar-refractivity contribution in [2.75, 3.05) is 25.0 Å². The fraction of sp³-hybridized carbons (Fsp3) is 0.588. The first-order valence-corrected chi connectivity index (χ1v) is 7.82. The van der Waals surface area contributed by atoms with E-state index >= 15 is 0 Å². The molecule has 0 saturated carbocycles. The van der Waals surface area contributed by atoms with Crippen LogP contribution in [-0.4, -0.2) is 30.6 Å². The van der Waals surface area contributed by atoms with Crippen molar-refractivity contribution in [3.8, 4) is 6.07 Å². The molecule has 1 aromatic carbocycles. The zero-order valence-electron chi connectivity index (χ0n) is 12.9. The Morgan fingerprint density at radius 2 is 2.14 bits per heavy atom. The van der Waals surface area contributed by atoms with Gasteiger partial charge in [-0.05, 0) is 69.9 Å². The van der Waals surface area contributed by atoms with E-state index in [0.717, 1.165) is 18.8 Å². The third kappa shape index (κ3) is 4.18. The van der Waals surface area contributed by atoms with E-state index < -0.39 is 0 Å². The summed E-state index contributed by atoms with van der Waals surface area (Å²) in [6, 6.07) is 6.71. The van der Waals surface area contributed by atoms with Gasteiger partial charge in [0.05, 0.1) is 11.3 Å². The van der Waals surface area contributed by atoms with Crippen LogP contribution in [0.15, 0.2) is 18.2 Å². The molecule has 1 fully saturated rings. The molecule has 1 unspecified atom stereocenters. The van der Waals surface area contributed by atoms with Crippen molar-refractivity contribution in [1.82, 2.24) is 4.90 Å². The summed E-state index contributed by atoms with van der Waals surface area (Å²) >= 11 is 0. The third-order valence-electron chi connectivity index (χ3n) is 4.36. The van der Waals surface area contributed by atoms with Gasteiger partial charge in [-0.2, -0.15) is 5.26 Å². The van der Waals surface area contributed by atoms with Gasteiger partial charge in [-0.1, -0.05) is 6.92 Å². The Kier molecular flexibility index (Phi) is 5.58. The molecule has 21 heavy (non-hydrogen) atoms.